The van der Waals surface area contributed by atoms with Gasteiger partial charge in [-0.25, -0.2) is 0 Å². The molecule has 0 radical (unpaired) electrons. The summed E-state index contributed by atoms with van der Waals surface area (Å²) in [5.41, 5.74) is 9.42. The summed E-state index contributed by atoms with van der Waals surface area (Å²) in [5, 5.41) is 17.3. The Hall–Kier alpha value is -4.32. The molecule has 168 valence electrons. The topological polar surface area (TPSA) is 125 Å². The van der Waals surface area contributed by atoms with E-state index in [-0.39, 0.29) is 18.2 Å². The number of ether oxygens (including phenoxy) is 5. The molecule has 2 aromatic carbocycles. The molecule has 0 unspecified atom stereocenters. The largest absolute Gasteiger partial charge is 0.490 e. The Balaban J connectivity index is 1.67. The first kappa shape index (κ1) is 20.6. The zero-order valence-electron chi connectivity index (χ0n) is 18.2. The number of allylic oxidation sites excluding steroid dienone is 1. The van der Waals surface area contributed by atoms with Gasteiger partial charge in [0.25, 0.3) is 0 Å². The van der Waals surface area contributed by atoms with Crippen LogP contribution < -0.4 is 29.4 Å². The lowest BCUT2D eigenvalue weighted by atomic mass is 9.83. The van der Waals surface area contributed by atoms with Crippen molar-refractivity contribution in [2.75, 3.05) is 20.0 Å². The molecule has 0 saturated carbocycles. The fourth-order valence-electron chi connectivity index (χ4n) is 4.10. The maximum atomic E-state index is 9.97. The molecule has 2 aliphatic rings. The Bertz CT molecular complexity index is 1290. The van der Waals surface area contributed by atoms with Crippen LogP contribution in [0.4, 0.5) is 0 Å². The average Bonchev–Trinajstić information content (AvgIpc) is 3.46. The van der Waals surface area contributed by atoms with Crippen molar-refractivity contribution in [1.29, 1.82) is 5.26 Å². The number of nitrogens with two attached hydrogens (primary N) is 1. The van der Waals surface area contributed by atoms with E-state index in [4.69, 9.17) is 29.4 Å². The number of hydrogen-bond acceptors (Lipinski definition) is 8. The first-order valence-corrected chi connectivity index (χ1v) is 10.6. The molecule has 33 heavy (non-hydrogen) atoms. The minimum atomic E-state index is -0.521. The number of nitrogens with zero attached hydrogens (tertiary/aromatic N) is 2. The number of H-pyrrole nitrogens is 1. The molecule has 0 bridgehead atoms. The van der Waals surface area contributed by atoms with Crippen molar-refractivity contribution < 1.29 is 23.7 Å². The molecule has 0 aliphatic carbocycles. The third-order valence-corrected chi connectivity index (χ3v) is 5.50. The zero-order chi connectivity index (χ0) is 22.9. The molecule has 3 heterocycles. The van der Waals surface area contributed by atoms with Crippen molar-refractivity contribution in [2.45, 2.75) is 19.8 Å². The summed E-state index contributed by atoms with van der Waals surface area (Å²) in [6.45, 7) is 4.97. The van der Waals surface area contributed by atoms with E-state index >= 15 is 0 Å². The first-order valence-electron chi connectivity index (χ1n) is 10.6. The molecule has 1 atom stereocenters. The average molecular weight is 446 g/mol. The van der Waals surface area contributed by atoms with Gasteiger partial charge in [-0.2, -0.15) is 5.26 Å². The van der Waals surface area contributed by atoms with E-state index in [0.29, 0.717) is 53.3 Å². The first-order chi connectivity index (χ1) is 16.1. The second-order valence-corrected chi connectivity index (χ2v) is 7.38. The molecule has 9 heteroatoms. The van der Waals surface area contributed by atoms with Crippen LogP contribution in [0.5, 0.6) is 28.9 Å². The lowest BCUT2D eigenvalue weighted by molar-refractivity contribution is 0.174. The molecule has 0 saturated heterocycles. The van der Waals surface area contributed by atoms with Gasteiger partial charge in [-0.05, 0) is 49.7 Å². The van der Waals surface area contributed by atoms with Gasteiger partial charge in [0.05, 0.1) is 30.4 Å². The van der Waals surface area contributed by atoms with Gasteiger partial charge in [0.1, 0.15) is 11.6 Å². The monoisotopic (exact) mass is 446 g/mol. The van der Waals surface area contributed by atoms with Crippen molar-refractivity contribution in [2.24, 2.45) is 5.73 Å². The summed E-state index contributed by atoms with van der Waals surface area (Å²) in [6.07, 6.45) is 0. The number of rotatable bonds is 6. The van der Waals surface area contributed by atoms with Crippen molar-refractivity contribution >= 4 is 0 Å². The molecule has 9 nitrogen and oxygen atoms in total. The lowest BCUT2D eigenvalue weighted by Crippen LogP contribution is -2.21. The highest BCUT2D eigenvalue weighted by atomic mass is 16.7. The Labute approximate surface area is 190 Å². The van der Waals surface area contributed by atoms with Crippen molar-refractivity contribution in [3.05, 3.63) is 59.0 Å². The molecule has 0 spiro atoms. The van der Waals surface area contributed by atoms with Gasteiger partial charge in [0.2, 0.25) is 18.6 Å². The van der Waals surface area contributed by atoms with Gasteiger partial charge in [-0.1, -0.05) is 6.07 Å². The summed E-state index contributed by atoms with van der Waals surface area (Å²) in [6, 6.07) is 13.4. The minimum absolute atomic E-state index is 0.0191. The van der Waals surface area contributed by atoms with Crippen molar-refractivity contribution in [3.8, 4) is 46.2 Å². The van der Waals surface area contributed by atoms with E-state index < -0.39 is 5.92 Å². The number of aromatic amines is 1. The summed E-state index contributed by atoms with van der Waals surface area (Å²) in [5.74, 6) is 2.35. The number of nitrogens with one attached hydrogen (secondary N) is 1. The van der Waals surface area contributed by atoms with Crippen LogP contribution in [0.2, 0.25) is 0 Å². The van der Waals surface area contributed by atoms with Gasteiger partial charge in [0.15, 0.2) is 23.0 Å². The van der Waals surface area contributed by atoms with Crippen LogP contribution in [-0.2, 0) is 0 Å². The highest BCUT2D eigenvalue weighted by Crippen LogP contribution is 2.48. The maximum Gasteiger partial charge on any atom is 0.244 e. The molecular weight excluding hydrogens is 424 g/mol. The Morgan fingerprint density at radius 1 is 1.09 bits per heavy atom. The summed E-state index contributed by atoms with van der Waals surface area (Å²) < 4.78 is 28.2. The predicted molar refractivity (Wildman–Crippen MR) is 118 cm³/mol. The number of fused-ring (bicyclic) bond motifs is 2. The number of aromatic nitrogens is 2. The fraction of sp³-hybridized carbons (Fsp3) is 0.250. The fourth-order valence-corrected chi connectivity index (χ4v) is 4.10. The molecule has 1 aromatic heterocycles. The lowest BCUT2D eigenvalue weighted by Gasteiger charge is -2.25. The third-order valence-electron chi connectivity index (χ3n) is 5.50. The minimum Gasteiger partial charge on any atom is -0.490 e. The Morgan fingerprint density at radius 3 is 2.67 bits per heavy atom. The van der Waals surface area contributed by atoms with E-state index in [9.17, 15) is 5.26 Å². The van der Waals surface area contributed by atoms with E-state index in [1.807, 2.05) is 50.2 Å². The van der Waals surface area contributed by atoms with Gasteiger partial charge < -0.3 is 29.4 Å². The second kappa shape index (κ2) is 8.31. The van der Waals surface area contributed by atoms with Crippen LogP contribution >= 0.6 is 0 Å². The molecular formula is C24H22N4O5. The van der Waals surface area contributed by atoms with Gasteiger partial charge in [-0.3, -0.25) is 5.10 Å². The number of benzene rings is 2. The molecule has 5 rings (SSSR count). The van der Waals surface area contributed by atoms with Crippen LogP contribution in [0, 0.1) is 11.3 Å². The van der Waals surface area contributed by atoms with E-state index in [0.717, 1.165) is 11.1 Å². The quantitative estimate of drug-likeness (QED) is 0.585. The third kappa shape index (κ3) is 3.46. The standard InChI is InChI=1S/C24H22N4O5/c1-3-29-16-7-5-13(9-18(16)30-4-2)20-15(11-25)23(26)33-24-21(20)22(27-28-24)14-6-8-17-19(10-14)32-12-31-17/h5-10,20H,3-4,12,26H2,1-2H3,(H,27,28)/t20-/m0/s1. The highest BCUT2D eigenvalue weighted by Gasteiger charge is 2.36. The number of hydrogen-bond donors (Lipinski definition) is 2. The highest BCUT2D eigenvalue weighted by molar-refractivity contribution is 5.73. The zero-order valence-corrected chi connectivity index (χ0v) is 18.2. The van der Waals surface area contributed by atoms with Crippen molar-refractivity contribution in [1.82, 2.24) is 10.2 Å². The molecule has 3 N–H and O–H groups in total. The van der Waals surface area contributed by atoms with Gasteiger partial charge >= 0.3 is 0 Å². The predicted octanol–water partition coefficient (Wildman–Crippen LogP) is 3.82. The SMILES string of the molecule is CCOc1ccc([C@H]2C(C#N)=C(N)Oc3n[nH]c(-c4ccc5c(c4)OCO5)c32)cc1OCC. The normalized spacial score (nSPS) is 16.1. The summed E-state index contributed by atoms with van der Waals surface area (Å²) in [4.78, 5) is 0. The summed E-state index contributed by atoms with van der Waals surface area (Å²) >= 11 is 0. The van der Waals surface area contributed by atoms with Gasteiger partial charge in [0, 0.05) is 5.56 Å². The van der Waals surface area contributed by atoms with Crippen LogP contribution in [0.25, 0.3) is 11.3 Å². The van der Waals surface area contributed by atoms with Crippen LogP contribution in [0.1, 0.15) is 30.9 Å². The van der Waals surface area contributed by atoms with Crippen LogP contribution in [0.15, 0.2) is 47.9 Å². The van der Waals surface area contributed by atoms with Crippen LogP contribution in [0.3, 0.4) is 0 Å². The maximum absolute atomic E-state index is 9.97. The smallest absolute Gasteiger partial charge is 0.244 e. The molecule has 2 aliphatic heterocycles. The molecule has 0 amide bonds. The second-order valence-electron chi connectivity index (χ2n) is 7.38. The van der Waals surface area contributed by atoms with E-state index in [2.05, 4.69) is 16.3 Å². The Kier molecular flexibility index (Phi) is 5.18. The number of nitriles is 1. The van der Waals surface area contributed by atoms with Gasteiger partial charge in [-0.15, -0.1) is 5.10 Å². The Morgan fingerprint density at radius 2 is 1.88 bits per heavy atom. The molecule has 0 fully saturated rings. The van der Waals surface area contributed by atoms with Crippen molar-refractivity contribution in [3.63, 3.8) is 0 Å². The van der Waals surface area contributed by atoms with E-state index in [1.54, 1.807) is 0 Å². The summed E-state index contributed by atoms with van der Waals surface area (Å²) in [7, 11) is 0. The van der Waals surface area contributed by atoms with Crippen LogP contribution in [-0.4, -0.2) is 30.2 Å². The van der Waals surface area contributed by atoms with E-state index in [1.165, 1.54) is 0 Å². The molecule has 3 aromatic rings.